The number of benzene rings is 2. The van der Waals surface area contributed by atoms with Gasteiger partial charge in [-0.05, 0) is 36.6 Å². The van der Waals surface area contributed by atoms with E-state index in [0.29, 0.717) is 19.7 Å². The Bertz CT molecular complexity index is 690. The maximum absolute atomic E-state index is 6.17. The zero-order chi connectivity index (χ0) is 18.1. The lowest BCUT2D eigenvalue weighted by atomic mass is 10.1. The molecular formula is C20H27ClIN3O. The Labute approximate surface area is 178 Å². The van der Waals surface area contributed by atoms with E-state index in [2.05, 4.69) is 39.9 Å². The second-order valence-corrected chi connectivity index (χ2v) is 6.45. The molecule has 2 rings (SSSR count). The Kier molecular flexibility index (Phi) is 10.6. The molecule has 0 heterocycles. The van der Waals surface area contributed by atoms with Gasteiger partial charge in [0.15, 0.2) is 5.96 Å². The quantitative estimate of drug-likeness (QED) is 0.337. The van der Waals surface area contributed by atoms with E-state index in [1.54, 1.807) is 7.05 Å². The van der Waals surface area contributed by atoms with Crippen molar-refractivity contribution in [3.8, 4) is 0 Å². The molecule has 26 heavy (non-hydrogen) atoms. The van der Waals surface area contributed by atoms with E-state index in [1.165, 1.54) is 11.1 Å². The fraction of sp³-hybridized carbons (Fsp3) is 0.350. The van der Waals surface area contributed by atoms with Crippen molar-refractivity contribution in [3.05, 3.63) is 70.2 Å². The summed E-state index contributed by atoms with van der Waals surface area (Å²) in [6.07, 6.45) is 0.244. The minimum Gasteiger partial charge on any atom is -0.374 e. The molecule has 0 amide bonds. The topological polar surface area (TPSA) is 45.7 Å². The number of rotatable bonds is 7. The van der Waals surface area contributed by atoms with Crippen molar-refractivity contribution in [2.24, 2.45) is 4.99 Å². The molecule has 4 nitrogen and oxygen atoms in total. The molecule has 0 spiro atoms. The highest BCUT2D eigenvalue weighted by Crippen LogP contribution is 2.14. The van der Waals surface area contributed by atoms with E-state index in [-0.39, 0.29) is 30.1 Å². The van der Waals surface area contributed by atoms with E-state index in [4.69, 9.17) is 16.3 Å². The molecule has 0 aliphatic heterocycles. The average Bonchev–Trinajstić information content (AvgIpc) is 2.62. The van der Waals surface area contributed by atoms with Crippen LogP contribution in [0.5, 0.6) is 0 Å². The Morgan fingerprint density at radius 2 is 1.62 bits per heavy atom. The number of hydrogen-bond donors (Lipinski definition) is 2. The minimum absolute atomic E-state index is 0. The van der Waals surface area contributed by atoms with Gasteiger partial charge < -0.3 is 15.4 Å². The first-order valence-electron chi connectivity index (χ1n) is 8.46. The van der Waals surface area contributed by atoms with Gasteiger partial charge in [0.1, 0.15) is 0 Å². The van der Waals surface area contributed by atoms with Crippen LogP contribution in [0.3, 0.4) is 0 Å². The van der Waals surface area contributed by atoms with Crippen molar-refractivity contribution in [1.29, 1.82) is 0 Å². The van der Waals surface area contributed by atoms with Gasteiger partial charge in [-0.25, -0.2) is 0 Å². The Hall–Kier alpha value is -1.31. The van der Waals surface area contributed by atoms with Crippen molar-refractivity contribution < 1.29 is 4.74 Å². The highest BCUT2D eigenvalue weighted by atomic mass is 127. The van der Waals surface area contributed by atoms with Gasteiger partial charge in [0.05, 0.1) is 12.7 Å². The third-order valence-corrected chi connectivity index (χ3v) is 4.06. The maximum Gasteiger partial charge on any atom is 0.191 e. The van der Waals surface area contributed by atoms with Gasteiger partial charge in [0, 0.05) is 25.2 Å². The van der Waals surface area contributed by atoms with Crippen LogP contribution in [-0.2, 0) is 24.4 Å². The summed E-state index contributed by atoms with van der Waals surface area (Å²) in [5.74, 6) is 0.743. The fourth-order valence-corrected chi connectivity index (χ4v) is 2.45. The molecule has 6 heteroatoms. The average molecular weight is 488 g/mol. The monoisotopic (exact) mass is 487 g/mol. The van der Waals surface area contributed by atoms with Crippen molar-refractivity contribution in [3.63, 3.8) is 0 Å². The van der Waals surface area contributed by atoms with Crippen LogP contribution in [0.1, 0.15) is 30.5 Å². The SMILES string of the molecule is CN=C(NCc1ccc(COC(C)C)cc1)NCc1ccccc1Cl.I. The van der Waals surface area contributed by atoms with E-state index in [0.717, 1.165) is 16.5 Å². The lowest BCUT2D eigenvalue weighted by Crippen LogP contribution is -2.36. The number of aliphatic imine (C=N–C) groups is 1. The molecule has 0 aliphatic rings. The fourth-order valence-electron chi connectivity index (χ4n) is 2.24. The maximum atomic E-state index is 6.17. The van der Waals surface area contributed by atoms with E-state index in [1.807, 2.05) is 38.1 Å². The molecule has 0 aromatic heterocycles. The molecule has 0 saturated heterocycles. The summed E-state index contributed by atoms with van der Waals surface area (Å²) in [6.45, 7) is 6.06. The largest absolute Gasteiger partial charge is 0.374 e. The van der Waals surface area contributed by atoms with Gasteiger partial charge in [-0.3, -0.25) is 4.99 Å². The van der Waals surface area contributed by atoms with Crippen LogP contribution >= 0.6 is 35.6 Å². The summed E-state index contributed by atoms with van der Waals surface area (Å²) < 4.78 is 5.61. The van der Waals surface area contributed by atoms with E-state index >= 15 is 0 Å². The number of halogens is 2. The van der Waals surface area contributed by atoms with Crippen molar-refractivity contribution in [2.75, 3.05) is 7.05 Å². The second kappa shape index (κ2) is 12.1. The van der Waals surface area contributed by atoms with E-state index < -0.39 is 0 Å². The van der Waals surface area contributed by atoms with E-state index in [9.17, 15) is 0 Å². The lowest BCUT2D eigenvalue weighted by Gasteiger charge is -2.13. The molecule has 0 aliphatic carbocycles. The predicted octanol–water partition coefficient (Wildman–Crippen LogP) is 4.75. The summed E-state index contributed by atoms with van der Waals surface area (Å²) in [6, 6.07) is 16.2. The zero-order valence-electron chi connectivity index (χ0n) is 15.5. The van der Waals surface area contributed by atoms with Gasteiger partial charge in [-0.15, -0.1) is 24.0 Å². The van der Waals surface area contributed by atoms with Crippen molar-refractivity contribution >= 4 is 41.5 Å². The zero-order valence-corrected chi connectivity index (χ0v) is 18.5. The number of nitrogens with zero attached hydrogens (tertiary/aromatic N) is 1. The van der Waals surface area contributed by atoms with Crippen LogP contribution in [0.2, 0.25) is 5.02 Å². The van der Waals surface area contributed by atoms with Crippen LogP contribution in [0, 0.1) is 0 Å². The number of hydrogen-bond acceptors (Lipinski definition) is 2. The van der Waals surface area contributed by atoms with Gasteiger partial charge in [0.2, 0.25) is 0 Å². The Morgan fingerprint density at radius 3 is 2.23 bits per heavy atom. The summed E-state index contributed by atoms with van der Waals surface area (Å²) in [5, 5.41) is 7.34. The molecule has 0 fully saturated rings. The van der Waals surface area contributed by atoms with Gasteiger partial charge in [0.25, 0.3) is 0 Å². The summed E-state index contributed by atoms with van der Waals surface area (Å²) in [5.41, 5.74) is 3.41. The number of nitrogens with one attached hydrogen (secondary N) is 2. The number of guanidine groups is 1. The molecule has 0 bridgehead atoms. The van der Waals surface area contributed by atoms with Gasteiger partial charge >= 0.3 is 0 Å². The summed E-state index contributed by atoms with van der Waals surface area (Å²) in [4.78, 5) is 4.25. The van der Waals surface area contributed by atoms with Crippen LogP contribution < -0.4 is 10.6 Å². The smallest absolute Gasteiger partial charge is 0.191 e. The van der Waals surface area contributed by atoms with Crippen LogP contribution in [-0.4, -0.2) is 19.1 Å². The first-order chi connectivity index (χ1) is 12.1. The van der Waals surface area contributed by atoms with Gasteiger partial charge in [-0.1, -0.05) is 54.1 Å². The highest BCUT2D eigenvalue weighted by molar-refractivity contribution is 14.0. The minimum atomic E-state index is 0. The van der Waals surface area contributed by atoms with Crippen molar-refractivity contribution in [1.82, 2.24) is 10.6 Å². The van der Waals surface area contributed by atoms with Gasteiger partial charge in [-0.2, -0.15) is 0 Å². The highest BCUT2D eigenvalue weighted by Gasteiger charge is 2.02. The molecule has 0 atom stereocenters. The molecule has 0 radical (unpaired) electrons. The van der Waals surface area contributed by atoms with Crippen molar-refractivity contribution in [2.45, 2.75) is 39.6 Å². The molecule has 0 unspecified atom stereocenters. The standard InChI is InChI=1S/C20H26ClN3O.HI/c1-15(2)25-14-17-10-8-16(9-11-17)12-23-20(22-3)24-13-18-6-4-5-7-19(18)21;/h4-11,15H,12-14H2,1-3H3,(H2,22,23,24);1H. The summed E-state index contributed by atoms with van der Waals surface area (Å²) in [7, 11) is 1.76. The molecule has 2 aromatic rings. The molecule has 2 N–H and O–H groups in total. The molecule has 0 saturated carbocycles. The Balaban J connectivity index is 0.00000338. The van der Waals surface area contributed by atoms with Crippen LogP contribution in [0.15, 0.2) is 53.5 Å². The Morgan fingerprint density at radius 1 is 1.00 bits per heavy atom. The van der Waals surface area contributed by atoms with Crippen LogP contribution in [0.4, 0.5) is 0 Å². The molecular weight excluding hydrogens is 461 g/mol. The molecule has 142 valence electrons. The van der Waals surface area contributed by atoms with Crippen LogP contribution in [0.25, 0.3) is 0 Å². The first kappa shape index (κ1) is 22.7. The lowest BCUT2D eigenvalue weighted by molar-refractivity contribution is 0.0657. The number of ether oxygens (including phenoxy) is 1. The normalized spacial score (nSPS) is 11.2. The predicted molar refractivity (Wildman–Crippen MR) is 120 cm³/mol. The molecule has 2 aromatic carbocycles. The second-order valence-electron chi connectivity index (χ2n) is 6.05. The third kappa shape index (κ3) is 7.93. The first-order valence-corrected chi connectivity index (χ1v) is 8.83. The summed E-state index contributed by atoms with van der Waals surface area (Å²) >= 11 is 6.17. The third-order valence-electron chi connectivity index (χ3n) is 3.69.